The molecular weight excluding hydrogens is 404 g/mol. The first-order valence-corrected chi connectivity index (χ1v) is 10.5. The molecule has 0 fully saturated rings. The third-order valence-electron chi connectivity index (χ3n) is 3.94. The maximum atomic E-state index is 11.6. The van der Waals surface area contributed by atoms with Crippen molar-refractivity contribution in [2.45, 2.75) is 13.8 Å². The van der Waals surface area contributed by atoms with Crippen LogP contribution in [-0.2, 0) is 21.7 Å². The molecular formula is C22H30O4SiTi. The summed E-state index contributed by atoms with van der Waals surface area (Å²) in [5.41, 5.74) is 0. The van der Waals surface area contributed by atoms with Gasteiger partial charge in [-0.3, -0.25) is 0 Å². The molecule has 28 heavy (non-hydrogen) atoms. The van der Waals surface area contributed by atoms with Gasteiger partial charge in [-0.2, -0.15) is 0 Å². The Kier molecular flexibility index (Phi) is 14.8. The van der Waals surface area contributed by atoms with Crippen LogP contribution in [0.4, 0.5) is 0 Å². The molecule has 0 radical (unpaired) electrons. The molecule has 0 aliphatic rings. The second-order valence-electron chi connectivity index (χ2n) is 6.38. The first-order valence-electron chi connectivity index (χ1n) is 8.58. The molecule has 0 aliphatic carbocycles. The fraction of sp³-hybridized carbons (Fsp3) is 0.182. The van der Waals surface area contributed by atoms with Gasteiger partial charge in [0.25, 0.3) is 8.32 Å². The van der Waals surface area contributed by atoms with Crippen molar-refractivity contribution in [3.8, 4) is 0 Å². The SMILES string of the molecule is CC(C)CO.O.O.O[Si](c1ccccc1)(c1ccccc1)c1ccccc1.[Ti]. The van der Waals surface area contributed by atoms with E-state index in [1.807, 2.05) is 105 Å². The van der Waals surface area contributed by atoms with Crippen LogP contribution in [0.2, 0.25) is 0 Å². The number of hydrogen-bond acceptors (Lipinski definition) is 2. The third-order valence-corrected chi connectivity index (χ3v) is 7.45. The molecule has 3 aromatic carbocycles. The Labute approximate surface area is 183 Å². The van der Waals surface area contributed by atoms with Crippen LogP contribution in [0.1, 0.15) is 13.8 Å². The van der Waals surface area contributed by atoms with E-state index in [1.165, 1.54) is 0 Å². The predicted molar refractivity (Wildman–Crippen MR) is 115 cm³/mol. The van der Waals surface area contributed by atoms with Crippen LogP contribution < -0.4 is 15.6 Å². The summed E-state index contributed by atoms with van der Waals surface area (Å²) in [5, 5.41) is 11.2. The molecule has 0 unspecified atom stereocenters. The summed E-state index contributed by atoms with van der Waals surface area (Å²) in [6.45, 7) is 4.25. The van der Waals surface area contributed by atoms with E-state index in [9.17, 15) is 4.80 Å². The van der Waals surface area contributed by atoms with Gasteiger partial charge in [0.05, 0.1) is 0 Å². The molecule has 0 aromatic heterocycles. The molecule has 6 heteroatoms. The quantitative estimate of drug-likeness (QED) is 0.465. The molecule has 0 spiro atoms. The molecule has 0 saturated heterocycles. The van der Waals surface area contributed by atoms with E-state index in [0.717, 1.165) is 15.6 Å². The first kappa shape index (κ1) is 28.6. The van der Waals surface area contributed by atoms with Gasteiger partial charge < -0.3 is 20.9 Å². The van der Waals surface area contributed by atoms with Crippen molar-refractivity contribution in [3.63, 3.8) is 0 Å². The molecule has 0 aliphatic heterocycles. The number of hydrogen-bond donors (Lipinski definition) is 2. The summed E-state index contributed by atoms with van der Waals surface area (Å²) < 4.78 is 0. The van der Waals surface area contributed by atoms with Gasteiger partial charge >= 0.3 is 0 Å². The summed E-state index contributed by atoms with van der Waals surface area (Å²) in [4.78, 5) is 11.6. The van der Waals surface area contributed by atoms with Crippen LogP contribution in [0.15, 0.2) is 91.0 Å². The summed E-state index contributed by atoms with van der Waals surface area (Å²) in [5.74, 6) is 0.440. The zero-order valence-corrected chi connectivity index (χ0v) is 18.9. The van der Waals surface area contributed by atoms with Crippen molar-refractivity contribution in [3.05, 3.63) is 91.0 Å². The normalized spacial score (nSPS) is 9.75. The van der Waals surface area contributed by atoms with E-state index < -0.39 is 8.32 Å². The van der Waals surface area contributed by atoms with E-state index in [1.54, 1.807) is 0 Å². The number of aliphatic hydroxyl groups excluding tert-OH is 1. The minimum Gasteiger partial charge on any atom is -0.421 e. The van der Waals surface area contributed by atoms with Gasteiger partial charge in [0.2, 0.25) is 0 Å². The number of benzene rings is 3. The maximum Gasteiger partial charge on any atom is 0.285 e. The van der Waals surface area contributed by atoms with E-state index >= 15 is 0 Å². The van der Waals surface area contributed by atoms with Crippen LogP contribution in [0, 0.1) is 5.92 Å². The minimum atomic E-state index is -2.88. The van der Waals surface area contributed by atoms with Gasteiger partial charge in [-0.1, -0.05) is 105 Å². The molecule has 0 heterocycles. The smallest absolute Gasteiger partial charge is 0.285 e. The van der Waals surface area contributed by atoms with Gasteiger partial charge in [-0.25, -0.2) is 0 Å². The molecule has 6 N–H and O–H groups in total. The van der Waals surface area contributed by atoms with Crippen LogP contribution in [0.25, 0.3) is 0 Å². The fourth-order valence-electron chi connectivity index (χ4n) is 2.54. The number of rotatable bonds is 4. The van der Waals surface area contributed by atoms with E-state index in [-0.39, 0.29) is 32.7 Å². The van der Waals surface area contributed by atoms with Crippen LogP contribution in [0.3, 0.4) is 0 Å². The Morgan fingerprint density at radius 1 is 0.643 bits per heavy atom. The minimum absolute atomic E-state index is 0. The van der Waals surface area contributed by atoms with Crippen molar-refractivity contribution < 1.29 is 42.6 Å². The van der Waals surface area contributed by atoms with E-state index in [4.69, 9.17) is 5.11 Å². The van der Waals surface area contributed by atoms with Crippen molar-refractivity contribution in [1.82, 2.24) is 0 Å². The van der Waals surface area contributed by atoms with Crippen molar-refractivity contribution in [2.75, 3.05) is 6.61 Å². The van der Waals surface area contributed by atoms with E-state index in [2.05, 4.69) is 0 Å². The predicted octanol–water partition coefficient (Wildman–Crippen LogP) is 0.629. The average Bonchev–Trinajstić information content (AvgIpc) is 2.70. The third kappa shape index (κ3) is 7.45. The molecule has 0 saturated carbocycles. The summed E-state index contributed by atoms with van der Waals surface area (Å²) >= 11 is 0. The standard InChI is InChI=1S/C18H16OSi.C4H10O.2H2O.Ti/c19-20(16-10-4-1-5-11-16,17-12-6-2-7-13-17)18-14-8-3-9-15-18;1-4(2)3-5;;;/h1-15,19H;4-5H,3H2,1-2H3;2*1H2;. The summed E-state index contributed by atoms with van der Waals surface area (Å²) in [7, 11) is -2.88. The Morgan fingerprint density at radius 3 is 1.04 bits per heavy atom. The molecule has 150 valence electrons. The van der Waals surface area contributed by atoms with E-state index in [0.29, 0.717) is 12.5 Å². The monoisotopic (exact) mass is 434 g/mol. The van der Waals surface area contributed by atoms with Gasteiger partial charge in [-0.05, 0) is 21.5 Å². The fourth-order valence-corrected chi connectivity index (χ4v) is 5.56. The molecule has 3 aromatic rings. The summed E-state index contributed by atoms with van der Waals surface area (Å²) in [6, 6.07) is 30.0. The summed E-state index contributed by atoms with van der Waals surface area (Å²) in [6.07, 6.45) is 0. The van der Waals surface area contributed by atoms with Crippen molar-refractivity contribution in [1.29, 1.82) is 0 Å². The Morgan fingerprint density at radius 2 is 0.857 bits per heavy atom. The largest absolute Gasteiger partial charge is 0.421 e. The van der Waals surface area contributed by atoms with Gasteiger partial charge in [-0.15, -0.1) is 0 Å². The Balaban J connectivity index is 0. The van der Waals surface area contributed by atoms with Gasteiger partial charge in [0.1, 0.15) is 0 Å². The topological polar surface area (TPSA) is 103 Å². The molecule has 0 atom stereocenters. The molecule has 0 amide bonds. The van der Waals surface area contributed by atoms with Gasteiger partial charge in [0.15, 0.2) is 0 Å². The Hall–Kier alpha value is -1.57. The van der Waals surface area contributed by atoms with Crippen molar-refractivity contribution >= 4 is 23.9 Å². The molecule has 0 bridgehead atoms. The molecule has 3 rings (SSSR count). The zero-order chi connectivity index (χ0) is 18.1. The maximum absolute atomic E-state index is 11.6. The Bertz CT molecular complexity index is 644. The van der Waals surface area contributed by atoms with Crippen LogP contribution in [-0.4, -0.2) is 35.8 Å². The zero-order valence-electron chi connectivity index (χ0n) is 16.3. The van der Waals surface area contributed by atoms with Crippen LogP contribution in [0.5, 0.6) is 0 Å². The number of aliphatic hydroxyl groups is 1. The second-order valence-corrected chi connectivity index (χ2v) is 9.54. The molecule has 4 nitrogen and oxygen atoms in total. The first-order chi connectivity index (χ1) is 12.1. The van der Waals surface area contributed by atoms with Gasteiger partial charge in [0, 0.05) is 28.3 Å². The van der Waals surface area contributed by atoms with Crippen LogP contribution >= 0.6 is 0 Å². The second kappa shape index (κ2) is 14.4. The average molecular weight is 434 g/mol. The van der Waals surface area contributed by atoms with Crippen molar-refractivity contribution in [2.24, 2.45) is 5.92 Å².